The Kier molecular flexibility index (Phi) is 7.20. The number of carbonyl (C=O) groups is 1. The summed E-state index contributed by atoms with van der Waals surface area (Å²) in [6.45, 7) is 0.807. The molecule has 0 saturated heterocycles. The van der Waals surface area contributed by atoms with Crippen LogP contribution in [0.1, 0.15) is 50.5 Å². The van der Waals surface area contributed by atoms with E-state index in [0.29, 0.717) is 11.5 Å². The van der Waals surface area contributed by atoms with E-state index in [9.17, 15) is 4.79 Å². The monoisotopic (exact) mass is 321 g/mol. The number of rotatable bonds is 7. The third kappa shape index (κ3) is 6.10. The molecule has 23 heavy (non-hydrogen) atoms. The molecule has 0 aliphatic heterocycles. The maximum Gasteiger partial charge on any atom is 0.255 e. The van der Waals surface area contributed by atoms with E-state index in [4.69, 9.17) is 15.2 Å². The largest absolute Gasteiger partial charge is 0.493 e. The Morgan fingerprint density at radius 1 is 1.17 bits per heavy atom. The molecule has 1 saturated carbocycles. The van der Waals surface area contributed by atoms with Gasteiger partial charge < -0.3 is 20.5 Å². The van der Waals surface area contributed by atoms with E-state index < -0.39 is 5.91 Å². The summed E-state index contributed by atoms with van der Waals surface area (Å²) in [4.78, 5) is 10.8. The third-order valence-corrected chi connectivity index (χ3v) is 4.43. The summed E-state index contributed by atoms with van der Waals surface area (Å²) in [7, 11) is 1.61. The minimum atomic E-state index is -0.492. The molecule has 2 rings (SSSR count). The molecule has 1 aromatic carbocycles. The molecule has 1 amide bonds. The van der Waals surface area contributed by atoms with E-state index >= 15 is 0 Å². The normalized spacial score (nSPS) is 16.4. The zero-order chi connectivity index (χ0) is 16.5. The molecule has 5 nitrogen and oxygen atoms in total. The fourth-order valence-electron chi connectivity index (χ4n) is 3.13. The van der Waals surface area contributed by atoms with Gasteiger partial charge in [-0.3, -0.25) is 4.79 Å². The first-order valence-corrected chi connectivity index (χ1v) is 8.60. The quantitative estimate of drug-likeness (QED) is 0.803. The predicted molar refractivity (Wildman–Crippen MR) is 89.4 cm³/mol. The number of amides is 1. The fourth-order valence-corrected chi connectivity index (χ4v) is 3.13. The molecule has 0 bridgehead atoms. The summed E-state index contributed by atoms with van der Waals surface area (Å²) in [5, 5.41) is 2.45. The summed E-state index contributed by atoms with van der Waals surface area (Å²) < 4.78 is 10.7. The van der Waals surface area contributed by atoms with Gasteiger partial charge in [-0.15, -0.1) is 0 Å². The number of quaternary nitrogens is 1. The lowest BCUT2D eigenvalue weighted by molar-refractivity contribution is -0.706. The van der Waals surface area contributed by atoms with Gasteiger partial charge >= 0.3 is 0 Å². The molecule has 1 aromatic rings. The molecule has 0 spiro atoms. The Hall–Kier alpha value is -1.75. The highest BCUT2D eigenvalue weighted by molar-refractivity contribution is 5.75. The summed E-state index contributed by atoms with van der Waals surface area (Å²) in [6.07, 6.45) is 9.49. The van der Waals surface area contributed by atoms with Crippen LogP contribution in [0.2, 0.25) is 0 Å². The van der Waals surface area contributed by atoms with E-state index in [1.54, 1.807) is 7.11 Å². The molecule has 4 N–H and O–H groups in total. The van der Waals surface area contributed by atoms with Crippen LogP contribution in [0.4, 0.5) is 0 Å². The maximum absolute atomic E-state index is 10.8. The number of ether oxygens (including phenoxy) is 2. The number of hydrogen-bond acceptors (Lipinski definition) is 3. The van der Waals surface area contributed by atoms with Crippen LogP contribution in [0, 0.1) is 0 Å². The van der Waals surface area contributed by atoms with Crippen molar-refractivity contribution in [3.63, 3.8) is 0 Å². The Balaban J connectivity index is 1.90. The molecule has 0 radical (unpaired) electrons. The second-order valence-corrected chi connectivity index (χ2v) is 6.29. The van der Waals surface area contributed by atoms with Crippen LogP contribution in [0.15, 0.2) is 18.2 Å². The van der Waals surface area contributed by atoms with E-state index in [1.165, 1.54) is 50.5 Å². The number of carbonyl (C=O) groups excluding carboxylic acids is 1. The van der Waals surface area contributed by atoms with Crippen molar-refractivity contribution in [1.29, 1.82) is 0 Å². The SMILES string of the molecule is COc1cc(C[NH2+]C2CCCCCCC2)ccc1OCC(N)=O. The van der Waals surface area contributed by atoms with Crippen molar-refractivity contribution >= 4 is 5.91 Å². The van der Waals surface area contributed by atoms with E-state index in [-0.39, 0.29) is 6.61 Å². The van der Waals surface area contributed by atoms with Crippen molar-refractivity contribution in [3.8, 4) is 11.5 Å². The zero-order valence-corrected chi connectivity index (χ0v) is 14.1. The zero-order valence-electron chi connectivity index (χ0n) is 14.1. The highest BCUT2D eigenvalue weighted by Gasteiger charge is 2.15. The van der Waals surface area contributed by atoms with Gasteiger partial charge in [-0.25, -0.2) is 0 Å². The molecule has 0 atom stereocenters. The summed E-state index contributed by atoms with van der Waals surface area (Å²) in [6, 6.07) is 6.59. The molecular weight excluding hydrogens is 292 g/mol. The maximum atomic E-state index is 10.8. The van der Waals surface area contributed by atoms with Gasteiger partial charge in [0.25, 0.3) is 5.91 Å². The molecular formula is C18H29N2O3+. The predicted octanol–water partition coefficient (Wildman–Crippen LogP) is 1.74. The molecule has 1 aliphatic carbocycles. The van der Waals surface area contributed by atoms with Gasteiger partial charge in [-0.1, -0.05) is 19.3 Å². The first kappa shape index (κ1) is 17.6. The molecule has 0 aromatic heterocycles. The van der Waals surface area contributed by atoms with Crippen molar-refractivity contribution in [2.24, 2.45) is 5.73 Å². The van der Waals surface area contributed by atoms with Gasteiger partial charge in [0.1, 0.15) is 6.54 Å². The topological polar surface area (TPSA) is 78.2 Å². The van der Waals surface area contributed by atoms with Gasteiger partial charge in [0.05, 0.1) is 13.2 Å². The van der Waals surface area contributed by atoms with Crippen molar-refractivity contribution in [2.45, 2.75) is 57.5 Å². The van der Waals surface area contributed by atoms with Crippen molar-refractivity contribution < 1.29 is 19.6 Å². The van der Waals surface area contributed by atoms with Crippen LogP contribution in [0.3, 0.4) is 0 Å². The Morgan fingerprint density at radius 3 is 2.52 bits per heavy atom. The minimum absolute atomic E-state index is 0.135. The van der Waals surface area contributed by atoms with Crippen LogP contribution in [0.5, 0.6) is 11.5 Å². The van der Waals surface area contributed by atoms with Crippen LogP contribution in [-0.2, 0) is 11.3 Å². The first-order chi connectivity index (χ1) is 11.2. The third-order valence-electron chi connectivity index (χ3n) is 4.43. The molecule has 0 unspecified atom stereocenters. The molecule has 5 heteroatoms. The minimum Gasteiger partial charge on any atom is -0.493 e. The summed E-state index contributed by atoms with van der Waals surface area (Å²) in [5.41, 5.74) is 6.31. The number of nitrogens with two attached hydrogens (primary N) is 2. The Bertz CT molecular complexity index is 497. The standard InChI is InChI=1S/C18H28N2O3/c1-22-17-11-14(9-10-16(17)23-13-18(19)21)12-20-15-7-5-3-2-4-6-8-15/h9-11,15,20H,2-8,12-13H2,1H3,(H2,19,21)/p+1. The van der Waals surface area contributed by atoms with Crippen LogP contribution < -0.4 is 20.5 Å². The Labute approximate surface area is 138 Å². The van der Waals surface area contributed by atoms with Crippen LogP contribution in [0.25, 0.3) is 0 Å². The van der Waals surface area contributed by atoms with E-state index in [1.807, 2.05) is 18.2 Å². The number of methoxy groups -OCH3 is 1. The van der Waals surface area contributed by atoms with Crippen LogP contribution >= 0.6 is 0 Å². The van der Waals surface area contributed by atoms with Gasteiger partial charge in [0.15, 0.2) is 18.1 Å². The fraction of sp³-hybridized carbons (Fsp3) is 0.611. The van der Waals surface area contributed by atoms with Crippen LogP contribution in [-0.4, -0.2) is 25.7 Å². The number of benzene rings is 1. The highest BCUT2D eigenvalue weighted by Crippen LogP contribution is 2.27. The lowest BCUT2D eigenvalue weighted by atomic mass is 9.96. The highest BCUT2D eigenvalue weighted by atomic mass is 16.5. The molecule has 128 valence electrons. The summed E-state index contributed by atoms with van der Waals surface area (Å²) >= 11 is 0. The van der Waals surface area contributed by atoms with Gasteiger partial charge in [0, 0.05) is 5.56 Å². The lowest BCUT2D eigenvalue weighted by Gasteiger charge is -2.18. The van der Waals surface area contributed by atoms with E-state index in [2.05, 4.69) is 5.32 Å². The van der Waals surface area contributed by atoms with Crippen molar-refractivity contribution in [1.82, 2.24) is 0 Å². The molecule has 1 aliphatic rings. The Morgan fingerprint density at radius 2 is 1.87 bits per heavy atom. The number of hydrogen-bond donors (Lipinski definition) is 2. The average Bonchev–Trinajstić information content (AvgIpc) is 2.52. The van der Waals surface area contributed by atoms with Gasteiger partial charge in [0.2, 0.25) is 0 Å². The van der Waals surface area contributed by atoms with Gasteiger partial charge in [-0.05, 0) is 43.9 Å². The number of primary amides is 1. The van der Waals surface area contributed by atoms with E-state index in [0.717, 1.165) is 12.6 Å². The second-order valence-electron chi connectivity index (χ2n) is 6.29. The summed E-state index contributed by atoms with van der Waals surface area (Å²) in [5.74, 6) is 0.713. The van der Waals surface area contributed by atoms with Crippen molar-refractivity contribution in [2.75, 3.05) is 13.7 Å². The average molecular weight is 321 g/mol. The molecule has 1 fully saturated rings. The lowest BCUT2D eigenvalue weighted by Crippen LogP contribution is -2.88. The first-order valence-electron chi connectivity index (χ1n) is 8.60. The van der Waals surface area contributed by atoms with Crippen molar-refractivity contribution in [3.05, 3.63) is 23.8 Å². The smallest absolute Gasteiger partial charge is 0.255 e. The molecule has 0 heterocycles. The van der Waals surface area contributed by atoms with Gasteiger partial charge in [-0.2, -0.15) is 0 Å². The second kappa shape index (κ2) is 9.40.